The molecule has 3 rings (SSSR count). The molecule has 3 amide bonds. The van der Waals surface area contributed by atoms with Crippen molar-refractivity contribution in [1.29, 1.82) is 0 Å². The number of benzene rings is 1. The summed E-state index contributed by atoms with van der Waals surface area (Å²) in [5.74, 6) is -0.200. The Labute approximate surface area is 124 Å². The van der Waals surface area contributed by atoms with Crippen molar-refractivity contribution in [2.75, 3.05) is 44.2 Å². The SMILES string of the molecule is O=C1CNC(=O)N1c1ccc(CCN2CCNCC2)cc1. The van der Waals surface area contributed by atoms with Gasteiger partial charge in [0.2, 0.25) is 0 Å². The molecule has 6 nitrogen and oxygen atoms in total. The smallest absolute Gasteiger partial charge is 0.328 e. The molecule has 112 valence electrons. The van der Waals surface area contributed by atoms with Crippen LogP contribution in [0.15, 0.2) is 24.3 Å². The maximum atomic E-state index is 11.6. The number of anilines is 1. The van der Waals surface area contributed by atoms with Crippen LogP contribution in [0.25, 0.3) is 0 Å². The van der Waals surface area contributed by atoms with Crippen LogP contribution >= 0.6 is 0 Å². The molecule has 0 radical (unpaired) electrons. The second kappa shape index (κ2) is 6.24. The van der Waals surface area contributed by atoms with Crippen molar-refractivity contribution in [2.45, 2.75) is 6.42 Å². The van der Waals surface area contributed by atoms with E-state index in [0.29, 0.717) is 5.69 Å². The van der Waals surface area contributed by atoms with Gasteiger partial charge in [-0.3, -0.25) is 4.79 Å². The Morgan fingerprint density at radius 2 is 1.76 bits per heavy atom. The van der Waals surface area contributed by atoms with Gasteiger partial charge in [-0.05, 0) is 24.1 Å². The van der Waals surface area contributed by atoms with E-state index < -0.39 is 0 Å². The van der Waals surface area contributed by atoms with E-state index in [1.54, 1.807) is 0 Å². The van der Waals surface area contributed by atoms with E-state index in [1.807, 2.05) is 24.3 Å². The summed E-state index contributed by atoms with van der Waals surface area (Å²) in [6.07, 6.45) is 0.987. The highest BCUT2D eigenvalue weighted by molar-refractivity contribution is 6.19. The van der Waals surface area contributed by atoms with E-state index >= 15 is 0 Å². The third-order valence-corrected chi connectivity index (χ3v) is 3.96. The average molecular weight is 288 g/mol. The Balaban J connectivity index is 1.58. The van der Waals surface area contributed by atoms with Crippen LogP contribution in [0.2, 0.25) is 0 Å². The lowest BCUT2D eigenvalue weighted by molar-refractivity contribution is -0.115. The first-order valence-electron chi connectivity index (χ1n) is 7.37. The van der Waals surface area contributed by atoms with Gasteiger partial charge in [0.25, 0.3) is 5.91 Å². The largest absolute Gasteiger partial charge is 0.329 e. The molecule has 0 atom stereocenters. The minimum absolute atomic E-state index is 0.0869. The number of hydrogen-bond acceptors (Lipinski definition) is 4. The first-order valence-corrected chi connectivity index (χ1v) is 7.37. The standard InChI is InChI=1S/C15H20N4O2/c20-14-11-17-15(21)19(14)13-3-1-12(2-4-13)5-8-18-9-6-16-7-10-18/h1-4,16H,5-11H2,(H,17,21). The normalized spacial score (nSPS) is 19.9. The molecular formula is C15H20N4O2. The summed E-state index contributed by atoms with van der Waals surface area (Å²) in [5.41, 5.74) is 1.87. The molecule has 0 saturated carbocycles. The molecule has 2 fully saturated rings. The van der Waals surface area contributed by atoms with Gasteiger partial charge in [-0.25, -0.2) is 9.69 Å². The first kappa shape index (κ1) is 14.0. The first-order chi connectivity index (χ1) is 10.2. The number of imide groups is 1. The van der Waals surface area contributed by atoms with Gasteiger partial charge in [0.05, 0.1) is 12.2 Å². The lowest BCUT2D eigenvalue weighted by atomic mass is 10.1. The van der Waals surface area contributed by atoms with E-state index in [9.17, 15) is 9.59 Å². The van der Waals surface area contributed by atoms with Gasteiger partial charge in [-0.1, -0.05) is 12.1 Å². The topological polar surface area (TPSA) is 64.7 Å². The van der Waals surface area contributed by atoms with Gasteiger partial charge in [0.1, 0.15) is 0 Å². The van der Waals surface area contributed by atoms with Crippen LogP contribution in [0.4, 0.5) is 10.5 Å². The van der Waals surface area contributed by atoms with E-state index in [1.165, 1.54) is 10.5 Å². The quantitative estimate of drug-likeness (QED) is 0.776. The Hall–Kier alpha value is -1.92. The molecule has 0 spiro atoms. The Kier molecular flexibility index (Phi) is 4.17. The van der Waals surface area contributed by atoms with E-state index in [0.717, 1.165) is 39.1 Å². The third kappa shape index (κ3) is 3.22. The summed E-state index contributed by atoms with van der Waals surface area (Å²) in [5, 5.41) is 5.87. The van der Waals surface area contributed by atoms with Gasteiger partial charge in [0.15, 0.2) is 0 Å². The number of piperazine rings is 1. The highest BCUT2D eigenvalue weighted by atomic mass is 16.2. The number of rotatable bonds is 4. The molecule has 2 aliphatic heterocycles. The predicted molar refractivity (Wildman–Crippen MR) is 80.3 cm³/mol. The zero-order valence-corrected chi connectivity index (χ0v) is 12.0. The number of urea groups is 1. The summed E-state index contributed by atoms with van der Waals surface area (Å²) >= 11 is 0. The summed E-state index contributed by atoms with van der Waals surface area (Å²) < 4.78 is 0. The fourth-order valence-corrected chi connectivity index (χ4v) is 2.72. The van der Waals surface area contributed by atoms with Crippen LogP contribution in [-0.4, -0.2) is 56.1 Å². The molecule has 0 bridgehead atoms. The zero-order chi connectivity index (χ0) is 14.7. The Morgan fingerprint density at radius 3 is 2.38 bits per heavy atom. The molecule has 2 heterocycles. The third-order valence-electron chi connectivity index (χ3n) is 3.96. The van der Waals surface area contributed by atoms with Crippen LogP contribution in [0, 0.1) is 0 Å². The molecule has 6 heteroatoms. The minimum atomic E-state index is -0.339. The minimum Gasteiger partial charge on any atom is -0.328 e. The second-order valence-corrected chi connectivity index (χ2v) is 5.40. The lowest BCUT2D eigenvalue weighted by Crippen LogP contribution is -2.44. The molecule has 1 aromatic rings. The number of nitrogens with one attached hydrogen (secondary N) is 2. The molecule has 21 heavy (non-hydrogen) atoms. The summed E-state index contributed by atoms with van der Waals surface area (Å²) in [6.45, 7) is 5.45. The van der Waals surface area contributed by atoms with Gasteiger partial charge in [-0.15, -0.1) is 0 Å². The molecule has 0 aliphatic carbocycles. The van der Waals surface area contributed by atoms with Crippen molar-refractivity contribution >= 4 is 17.6 Å². The monoisotopic (exact) mass is 288 g/mol. The van der Waals surface area contributed by atoms with Crippen molar-refractivity contribution < 1.29 is 9.59 Å². The Bertz CT molecular complexity index is 507. The second-order valence-electron chi connectivity index (χ2n) is 5.40. The van der Waals surface area contributed by atoms with Crippen LogP contribution in [0.3, 0.4) is 0 Å². The maximum Gasteiger partial charge on any atom is 0.329 e. The molecule has 2 aliphatic rings. The number of hydrogen-bond donors (Lipinski definition) is 2. The van der Waals surface area contributed by atoms with Crippen molar-refractivity contribution in [1.82, 2.24) is 15.5 Å². The lowest BCUT2D eigenvalue weighted by Gasteiger charge is -2.27. The van der Waals surface area contributed by atoms with E-state index in [4.69, 9.17) is 0 Å². The van der Waals surface area contributed by atoms with E-state index in [-0.39, 0.29) is 18.5 Å². The predicted octanol–water partition coefficient (Wildman–Crippen LogP) is 0.191. The molecule has 1 aromatic carbocycles. The van der Waals surface area contributed by atoms with Crippen molar-refractivity contribution in [3.8, 4) is 0 Å². The number of amides is 3. The molecule has 0 unspecified atom stereocenters. The summed E-state index contributed by atoms with van der Waals surface area (Å²) in [7, 11) is 0. The number of carbonyl (C=O) groups is 2. The summed E-state index contributed by atoms with van der Waals surface area (Å²) in [6, 6.07) is 7.34. The van der Waals surface area contributed by atoms with Crippen molar-refractivity contribution in [2.24, 2.45) is 0 Å². The van der Waals surface area contributed by atoms with E-state index in [2.05, 4.69) is 15.5 Å². The fraction of sp³-hybridized carbons (Fsp3) is 0.467. The van der Waals surface area contributed by atoms with Gasteiger partial charge < -0.3 is 15.5 Å². The van der Waals surface area contributed by atoms with Crippen molar-refractivity contribution in [3.05, 3.63) is 29.8 Å². The molecule has 0 aromatic heterocycles. The summed E-state index contributed by atoms with van der Waals surface area (Å²) in [4.78, 5) is 26.9. The van der Waals surface area contributed by atoms with Gasteiger partial charge in [0, 0.05) is 32.7 Å². The average Bonchev–Trinajstić information content (AvgIpc) is 2.86. The van der Waals surface area contributed by atoms with Gasteiger partial charge >= 0.3 is 6.03 Å². The number of nitrogens with zero attached hydrogens (tertiary/aromatic N) is 2. The van der Waals surface area contributed by atoms with Crippen LogP contribution in [0.1, 0.15) is 5.56 Å². The Morgan fingerprint density at radius 1 is 1.05 bits per heavy atom. The zero-order valence-electron chi connectivity index (χ0n) is 12.0. The highest BCUT2D eigenvalue weighted by Crippen LogP contribution is 2.18. The fourth-order valence-electron chi connectivity index (χ4n) is 2.72. The van der Waals surface area contributed by atoms with Crippen LogP contribution < -0.4 is 15.5 Å². The highest BCUT2D eigenvalue weighted by Gasteiger charge is 2.29. The molecule has 2 saturated heterocycles. The van der Waals surface area contributed by atoms with Gasteiger partial charge in [-0.2, -0.15) is 0 Å². The van der Waals surface area contributed by atoms with Crippen LogP contribution in [0.5, 0.6) is 0 Å². The van der Waals surface area contributed by atoms with Crippen molar-refractivity contribution in [3.63, 3.8) is 0 Å². The number of carbonyl (C=O) groups excluding carboxylic acids is 2. The molecule has 2 N–H and O–H groups in total. The van der Waals surface area contributed by atoms with Crippen LogP contribution in [-0.2, 0) is 11.2 Å². The molecular weight excluding hydrogens is 268 g/mol. The maximum absolute atomic E-state index is 11.6.